The molecule has 0 saturated heterocycles. The highest BCUT2D eigenvalue weighted by Gasteiger charge is 2.20. The number of rotatable bonds is 4. The molecule has 0 atom stereocenters. The molecule has 0 aliphatic carbocycles. The summed E-state index contributed by atoms with van der Waals surface area (Å²) in [5.41, 5.74) is 6.07. The summed E-state index contributed by atoms with van der Waals surface area (Å²) in [4.78, 5) is 4.29. The zero-order valence-corrected chi connectivity index (χ0v) is 12.3. The van der Waals surface area contributed by atoms with Gasteiger partial charge in [0.15, 0.2) is 11.6 Å². The minimum atomic E-state index is -1.23. The smallest absolute Gasteiger partial charge is 0.161 e. The van der Waals surface area contributed by atoms with Gasteiger partial charge in [-0.3, -0.25) is 0 Å². The Kier molecular flexibility index (Phi) is 4.25. The third-order valence-electron chi connectivity index (χ3n) is 3.21. The molecule has 1 aromatic heterocycles. The number of hydrogen-bond acceptors (Lipinski definition) is 2. The highest BCUT2D eigenvalue weighted by atomic mass is 19.2. The maximum absolute atomic E-state index is 13.9. The van der Waals surface area contributed by atoms with E-state index in [0.717, 1.165) is 6.07 Å². The van der Waals surface area contributed by atoms with Crippen LogP contribution in [0.2, 0.25) is 0 Å². The van der Waals surface area contributed by atoms with Crippen molar-refractivity contribution < 1.29 is 13.2 Å². The van der Waals surface area contributed by atoms with Crippen molar-refractivity contribution in [2.45, 2.75) is 33.7 Å². The molecule has 0 radical (unpaired) electrons. The zero-order valence-electron chi connectivity index (χ0n) is 12.3. The molecule has 1 aromatic carbocycles. The van der Waals surface area contributed by atoms with Gasteiger partial charge in [-0.1, -0.05) is 20.8 Å². The SMILES string of the molecule is CCc1nc(-c2cc(F)c(F)cc2F)c(N)n1CC(C)C. The molecule has 2 aromatic rings. The number of aryl methyl sites for hydroxylation is 1. The molecule has 2 rings (SSSR count). The van der Waals surface area contributed by atoms with Crippen molar-refractivity contribution in [2.24, 2.45) is 5.92 Å². The van der Waals surface area contributed by atoms with Gasteiger partial charge in [0.1, 0.15) is 23.2 Å². The van der Waals surface area contributed by atoms with E-state index in [2.05, 4.69) is 4.98 Å². The Hall–Kier alpha value is -1.98. The highest BCUT2D eigenvalue weighted by Crippen LogP contribution is 2.30. The van der Waals surface area contributed by atoms with Gasteiger partial charge in [0.25, 0.3) is 0 Å². The van der Waals surface area contributed by atoms with Crippen molar-refractivity contribution in [3.05, 3.63) is 35.4 Å². The fourth-order valence-electron chi connectivity index (χ4n) is 2.25. The van der Waals surface area contributed by atoms with Crippen LogP contribution < -0.4 is 5.73 Å². The Balaban J connectivity index is 2.60. The Morgan fingerprint density at radius 2 is 1.76 bits per heavy atom. The number of benzene rings is 1. The van der Waals surface area contributed by atoms with Gasteiger partial charge in [-0.05, 0) is 12.0 Å². The standard InChI is InChI=1S/C15H18F3N3/c1-4-13-20-14(15(19)21(13)7-8(2)3)9-5-11(17)12(18)6-10(9)16/h5-6,8H,4,7,19H2,1-3H3. The van der Waals surface area contributed by atoms with Gasteiger partial charge in [-0.15, -0.1) is 0 Å². The first-order valence-electron chi connectivity index (χ1n) is 6.84. The second kappa shape index (κ2) is 5.79. The van der Waals surface area contributed by atoms with E-state index in [1.54, 1.807) is 4.57 Å². The van der Waals surface area contributed by atoms with Gasteiger partial charge in [-0.25, -0.2) is 18.2 Å². The number of nitrogens with two attached hydrogens (primary N) is 1. The third-order valence-corrected chi connectivity index (χ3v) is 3.21. The Morgan fingerprint density at radius 1 is 1.14 bits per heavy atom. The van der Waals surface area contributed by atoms with Crippen LogP contribution in [-0.2, 0) is 13.0 Å². The summed E-state index contributed by atoms with van der Waals surface area (Å²) in [7, 11) is 0. The van der Waals surface area contributed by atoms with Crippen LogP contribution in [0, 0.1) is 23.4 Å². The molecule has 0 aliphatic heterocycles. The van der Waals surface area contributed by atoms with Crippen LogP contribution in [0.3, 0.4) is 0 Å². The predicted octanol–water partition coefficient (Wildman–Crippen LogP) is 3.77. The lowest BCUT2D eigenvalue weighted by Crippen LogP contribution is -2.11. The summed E-state index contributed by atoms with van der Waals surface area (Å²) < 4.78 is 42.1. The maximum atomic E-state index is 13.9. The summed E-state index contributed by atoms with van der Waals surface area (Å²) in [6.45, 7) is 6.59. The second-order valence-electron chi connectivity index (χ2n) is 5.37. The van der Waals surface area contributed by atoms with Crippen LogP contribution in [0.1, 0.15) is 26.6 Å². The molecule has 6 heteroatoms. The zero-order chi connectivity index (χ0) is 15.7. The lowest BCUT2D eigenvalue weighted by molar-refractivity contribution is 0.496. The first kappa shape index (κ1) is 15.4. The number of nitrogens with zero attached hydrogens (tertiary/aromatic N) is 2. The Bertz CT molecular complexity index is 663. The summed E-state index contributed by atoms with van der Waals surface area (Å²) in [6.07, 6.45) is 0.613. The number of imidazole rings is 1. The number of hydrogen-bond donors (Lipinski definition) is 1. The first-order chi connectivity index (χ1) is 9.85. The van der Waals surface area contributed by atoms with Crippen molar-refractivity contribution in [1.29, 1.82) is 0 Å². The molecule has 0 aliphatic rings. The summed E-state index contributed by atoms with van der Waals surface area (Å²) in [5, 5.41) is 0. The molecule has 0 bridgehead atoms. The van der Waals surface area contributed by atoms with E-state index in [-0.39, 0.29) is 17.1 Å². The van der Waals surface area contributed by atoms with Crippen LogP contribution in [0.5, 0.6) is 0 Å². The van der Waals surface area contributed by atoms with Gasteiger partial charge < -0.3 is 10.3 Å². The first-order valence-corrected chi connectivity index (χ1v) is 6.84. The second-order valence-corrected chi connectivity index (χ2v) is 5.37. The fourth-order valence-corrected chi connectivity index (χ4v) is 2.25. The summed E-state index contributed by atoms with van der Waals surface area (Å²) >= 11 is 0. The molecule has 0 fully saturated rings. The van der Waals surface area contributed by atoms with Crippen molar-refractivity contribution in [2.75, 3.05) is 5.73 Å². The van der Waals surface area contributed by atoms with Crippen LogP contribution >= 0.6 is 0 Å². The highest BCUT2D eigenvalue weighted by molar-refractivity contribution is 5.71. The number of nitrogen functional groups attached to an aromatic ring is 1. The van der Waals surface area contributed by atoms with E-state index in [4.69, 9.17) is 5.73 Å². The number of anilines is 1. The Labute approximate surface area is 121 Å². The van der Waals surface area contributed by atoms with E-state index in [9.17, 15) is 13.2 Å². The number of halogens is 3. The topological polar surface area (TPSA) is 43.8 Å². The van der Waals surface area contributed by atoms with E-state index in [1.807, 2.05) is 20.8 Å². The minimum absolute atomic E-state index is 0.122. The lowest BCUT2D eigenvalue weighted by Gasteiger charge is -2.11. The molecule has 3 nitrogen and oxygen atoms in total. The van der Waals surface area contributed by atoms with Gasteiger partial charge in [0.2, 0.25) is 0 Å². The average Bonchev–Trinajstić information content (AvgIpc) is 2.71. The van der Waals surface area contributed by atoms with E-state index in [1.165, 1.54) is 0 Å². The van der Waals surface area contributed by atoms with Gasteiger partial charge >= 0.3 is 0 Å². The summed E-state index contributed by atoms with van der Waals surface area (Å²) in [5.74, 6) is -1.94. The molecule has 0 amide bonds. The lowest BCUT2D eigenvalue weighted by atomic mass is 10.1. The Morgan fingerprint density at radius 3 is 2.33 bits per heavy atom. The van der Waals surface area contributed by atoms with Crippen LogP contribution in [0.25, 0.3) is 11.3 Å². The molecule has 0 spiro atoms. The van der Waals surface area contributed by atoms with E-state index in [0.29, 0.717) is 30.8 Å². The molecular weight excluding hydrogens is 279 g/mol. The molecular formula is C15H18F3N3. The van der Waals surface area contributed by atoms with Gasteiger partial charge in [0, 0.05) is 24.6 Å². The normalized spacial score (nSPS) is 11.4. The molecule has 0 unspecified atom stereocenters. The average molecular weight is 297 g/mol. The van der Waals surface area contributed by atoms with Crippen molar-refractivity contribution >= 4 is 5.82 Å². The molecule has 2 N–H and O–H groups in total. The maximum Gasteiger partial charge on any atom is 0.161 e. The van der Waals surface area contributed by atoms with Crippen molar-refractivity contribution in [3.63, 3.8) is 0 Å². The van der Waals surface area contributed by atoms with Gasteiger partial charge in [-0.2, -0.15) is 0 Å². The van der Waals surface area contributed by atoms with Gasteiger partial charge in [0.05, 0.1) is 0 Å². The predicted molar refractivity (Wildman–Crippen MR) is 76.2 cm³/mol. The van der Waals surface area contributed by atoms with Crippen molar-refractivity contribution in [3.8, 4) is 11.3 Å². The molecule has 1 heterocycles. The molecule has 114 valence electrons. The monoisotopic (exact) mass is 297 g/mol. The largest absolute Gasteiger partial charge is 0.383 e. The third kappa shape index (κ3) is 2.89. The van der Waals surface area contributed by atoms with Crippen LogP contribution in [-0.4, -0.2) is 9.55 Å². The van der Waals surface area contributed by atoms with E-state index >= 15 is 0 Å². The molecule has 0 saturated carbocycles. The van der Waals surface area contributed by atoms with Crippen LogP contribution in [0.4, 0.5) is 19.0 Å². The quantitative estimate of drug-likeness (QED) is 0.873. The minimum Gasteiger partial charge on any atom is -0.383 e. The number of aromatic nitrogens is 2. The fraction of sp³-hybridized carbons (Fsp3) is 0.400. The van der Waals surface area contributed by atoms with Crippen LogP contribution in [0.15, 0.2) is 12.1 Å². The molecule has 21 heavy (non-hydrogen) atoms. The summed E-state index contributed by atoms with van der Waals surface area (Å²) in [6, 6.07) is 1.31. The van der Waals surface area contributed by atoms with E-state index < -0.39 is 17.5 Å². The van der Waals surface area contributed by atoms with Crippen molar-refractivity contribution in [1.82, 2.24) is 9.55 Å².